The summed E-state index contributed by atoms with van der Waals surface area (Å²) in [5.41, 5.74) is 2.91. The van der Waals surface area contributed by atoms with E-state index < -0.39 is 4.92 Å². The van der Waals surface area contributed by atoms with Gasteiger partial charge in [0.05, 0.1) is 10.5 Å². The molecule has 29 heavy (non-hydrogen) atoms. The standard InChI is InChI=1S/C23H23N3O3/c27-22-12-11-20(26(28)29)15-21(22)23-24(16-18-7-3-1-4-8-18)13-14-25(23)17-19-9-5-2-6-10-19/h1-12,15,23,27H,13-14,16-17H2/p+1. The summed E-state index contributed by atoms with van der Waals surface area (Å²) in [6.07, 6.45) is -0.136. The Balaban J connectivity index is 1.69. The third-order valence-corrected chi connectivity index (χ3v) is 5.65. The van der Waals surface area contributed by atoms with Crippen LogP contribution in [-0.2, 0) is 13.1 Å². The van der Waals surface area contributed by atoms with Gasteiger partial charge >= 0.3 is 0 Å². The first-order valence-electron chi connectivity index (χ1n) is 9.84. The van der Waals surface area contributed by atoms with Gasteiger partial charge in [0.2, 0.25) is 6.17 Å². The number of nitro groups is 1. The summed E-state index contributed by atoms with van der Waals surface area (Å²) in [6, 6.07) is 24.5. The molecule has 4 rings (SSSR count). The van der Waals surface area contributed by atoms with Gasteiger partial charge in [0.1, 0.15) is 26.2 Å². The molecular weight excluding hydrogens is 366 g/mol. The molecule has 0 aromatic heterocycles. The highest BCUT2D eigenvalue weighted by atomic mass is 16.6. The maximum absolute atomic E-state index is 12.7. The smallest absolute Gasteiger partial charge is 0.270 e. The fraction of sp³-hybridized carbons (Fsp3) is 0.217. The van der Waals surface area contributed by atoms with E-state index in [0.29, 0.717) is 5.56 Å². The molecule has 3 aromatic carbocycles. The summed E-state index contributed by atoms with van der Waals surface area (Å²) in [6.45, 7) is 3.38. The highest BCUT2D eigenvalue weighted by Crippen LogP contribution is 2.24. The topological polar surface area (TPSA) is 75.1 Å². The van der Waals surface area contributed by atoms with Crippen LogP contribution >= 0.6 is 0 Å². The van der Waals surface area contributed by atoms with Crippen LogP contribution in [0.2, 0.25) is 0 Å². The van der Waals surface area contributed by atoms with Crippen molar-refractivity contribution in [2.75, 3.05) is 13.1 Å². The van der Waals surface area contributed by atoms with E-state index in [4.69, 9.17) is 0 Å². The van der Waals surface area contributed by atoms with Crippen LogP contribution in [0.3, 0.4) is 0 Å². The Kier molecular flexibility index (Phi) is 5.55. The molecule has 0 spiro atoms. The second kappa shape index (κ2) is 8.43. The van der Waals surface area contributed by atoms with Crippen LogP contribution in [0.1, 0.15) is 22.9 Å². The molecule has 0 radical (unpaired) electrons. The van der Waals surface area contributed by atoms with Gasteiger partial charge in [-0.3, -0.25) is 19.9 Å². The van der Waals surface area contributed by atoms with Crippen LogP contribution in [0, 0.1) is 10.1 Å². The number of nitro benzene ring substituents is 1. The lowest BCUT2D eigenvalue weighted by Crippen LogP contribution is -3.22. The maximum atomic E-state index is 12.7. The molecule has 0 saturated carbocycles. The maximum Gasteiger partial charge on any atom is 0.270 e. The second-order valence-corrected chi connectivity index (χ2v) is 7.55. The van der Waals surface area contributed by atoms with E-state index in [1.807, 2.05) is 36.4 Å². The Labute approximate surface area is 169 Å². The molecule has 0 aliphatic carbocycles. The summed E-state index contributed by atoms with van der Waals surface area (Å²) in [5.74, 6) is -0.126. The zero-order valence-electron chi connectivity index (χ0n) is 16.1. The van der Waals surface area contributed by atoms with Gasteiger partial charge in [-0.15, -0.1) is 0 Å². The van der Waals surface area contributed by atoms with E-state index in [1.54, 1.807) is 0 Å². The van der Waals surface area contributed by atoms with Crippen LogP contribution in [0.15, 0.2) is 78.9 Å². The Morgan fingerprint density at radius 2 is 1.34 bits per heavy atom. The molecule has 6 heteroatoms. The summed E-state index contributed by atoms with van der Waals surface area (Å²) < 4.78 is 0. The minimum atomic E-state index is -0.425. The minimum Gasteiger partial charge on any atom is -0.872 e. The number of non-ortho nitro benzene ring substituents is 1. The molecule has 2 N–H and O–H groups in total. The molecule has 2 unspecified atom stereocenters. The van der Waals surface area contributed by atoms with E-state index in [2.05, 4.69) is 24.3 Å². The number of nitrogens with zero attached hydrogens (tertiary/aromatic N) is 1. The Morgan fingerprint density at radius 1 is 0.828 bits per heavy atom. The van der Waals surface area contributed by atoms with Crippen LogP contribution in [-0.4, -0.2) is 18.0 Å². The molecule has 1 fully saturated rings. The molecule has 0 amide bonds. The fourth-order valence-corrected chi connectivity index (χ4v) is 4.31. The van der Waals surface area contributed by atoms with Crippen LogP contribution < -0.4 is 14.9 Å². The molecule has 2 atom stereocenters. The van der Waals surface area contributed by atoms with Crippen molar-refractivity contribution in [2.24, 2.45) is 0 Å². The molecule has 148 valence electrons. The number of nitrogens with one attached hydrogen (secondary N) is 2. The summed E-state index contributed by atoms with van der Waals surface area (Å²) in [4.78, 5) is 13.4. The Hall–Kier alpha value is -3.22. The zero-order valence-corrected chi connectivity index (χ0v) is 16.1. The quantitative estimate of drug-likeness (QED) is 0.484. The lowest BCUT2D eigenvalue weighted by Gasteiger charge is -2.27. The van der Waals surface area contributed by atoms with Crippen molar-refractivity contribution in [1.82, 2.24) is 0 Å². The van der Waals surface area contributed by atoms with Crippen molar-refractivity contribution in [2.45, 2.75) is 19.3 Å². The number of hydrogen-bond donors (Lipinski definition) is 2. The average molecular weight is 390 g/mol. The van der Waals surface area contributed by atoms with Crippen molar-refractivity contribution >= 4 is 5.69 Å². The highest BCUT2D eigenvalue weighted by molar-refractivity contribution is 5.43. The highest BCUT2D eigenvalue weighted by Gasteiger charge is 2.41. The molecule has 6 nitrogen and oxygen atoms in total. The monoisotopic (exact) mass is 390 g/mol. The molecule has 1 saturated heterocycles. The first-order valence-corrected chi connectivity index (χ1v) is 9.84. The molecule has 3 aromatic rings. The van der Waals surface area contributed by atoms with Gasteiger partial charge < -0.3 is 5.11 Å². The molecule has 0 bridgehead atoms. The molecular formula is C23H24N3O3+. The SMILES string of the molecule is O=[N+]([O-])c1ccc([O-])c(C2[NH+](Cc3ccccc3)CC[NH+]2Cc2ccccc2)c1. The number of quaternary nitrogens is 2. The van der Waals surface area contributed by atoms with Gasteiger partial charge in [0, 0.05) is 23.3 Å². The summed E-state index contributed by atoms with van der Waals surface area (Å²) in [5, 5.41) is 24.0. The van der Waals surface area contributed by atoms with Gasteiger partial charge in [0.25, 0.3) is 5.69 Å². The van der Waals surface area contributed by atoms with E-state index in [-0.39, 0.29) is 17.6 Å². The van der Waals surface area contributed by atoms with E-state index >= 15 is 0 Å². The van der Waals surface area contributed by atoms with Crippen molar-refractivity contribution in [3.63, 3.8) is 0 Å². The van der Waals surface area contributed by atoms with Gasteiger partial charge in [-0.1, -0.05) is 72.5 Å². The normalized spacial score (nSPS) is 21.2. The second-order valence-electron chi connectivity index (χ2n) is 7.55. The fourth-order valence-electron chi connectivity index (χ4n) is 4.31. The number of benzene rings is 3. The Bertz CT molecular complexity index is 930. The van der Waals surface area contributed by atoms with Crippen LogP contribution in [0.4, 0.5) is 5.69 Å². The molecule has 1 aliphatic rings. The van der Waals surface area contributed by atoms with Crippen molar-refractivity contribution in [3.8, 4) is 5.75 Å². The van der Waals surface area contributed by atoms with Gasteiger partial charge in [-0.2, -0.15) is 0 Å². The minimum absolute atomic E-state index is 0.0235. The number of hydrogen-bond acceptors (Lipinski definition) is 3. The summed E-state index contributed by atoms with van der Waals surface area (Å²) >= 11 is 0. The predicted molar refractivity (Wildman–Crippen MR) is 107 cm³/mol. The lowest BCUT2D eigenvalue weighted by atomic mass is 10.1. The predicted octanol–water partition coefficient (Wildman–Crippen LogP) is 0.851. The van der Waals surface area contributed by atoms with Crippen LogP contribution in [0.25, 0.3) is 0 Å². The van der Waals surface area contributed by atoms with E-state index in [0.717, 1.165) is 26.2 Å². The van der Waals surface area contributed by atoms with E-state index in [1.165, 1.54) is 39.1 Å². The average Bonchev–Trinajstić information content (AvgIpc) is 3.11. The van der Waals surface area contributed by atoms with Gasteiger partial charge in [-0.05, 0) is 0 Å². The first kappa shape index (κ1) is 19.1. The van der Waals surface area contributed by atoms with E-state index in [9.17, 15) is 15.2 Å². The Morgan fingerprint density at radius 3 is 1.83 bits per heavy atom. The number of rotatable bonds is 6. The van der Waals surface area contributed by atoms with Crippen molar-refractivity contribution in [1.29, 1.82) is 0 Å². The summed E-state index contributed by atoms with van der Waals surface area (Å²) in [7, 11) is 0. The van der Waals surface area contributed by atoms with Crippen molar-refractivity contribution < 1.29 is 19.8 Å². The van der Waals surface area contributed by atoms with Gasteiger partial charge in [-0.25, -0.2) is 0 Å². The lowest BCUT2D eigenvalue weighted by molar-refractivity contribution is -1.09. The van der Waals surface area contributed by atoms with Gasteiger partial charge in [0.15, 0.2) is 0 Å². The molecule has 1 heterocycles. The third-order valence-electron chi connectivity index (χ3n) is 5.65. The largest absolute Gasteiger partial charge is 0.872 e. The molecule has 1 aliphatic heterocycles. The first-order chi connectivity index (χ1) is 14.1. The van der Waals surface area contributed by atoms with Crippen molar-refractivity contribution in [3.05, 3.63) is 106 Å². The third kappa shape index (κ3) is 4.29. The van der Waals surface area contributed by atoms with Crippen LogP contribution in [0.5, 0.6) is 5.75 Å². The zero-order chi connectivity index (χ0) is 20.2.